The molecule has 2 heterocycles. The standard InChI is InChI=1S/C15H14ClN3/c1-19(2)13-5-3-10(4-6-13)12-7-11-8-14(16)18-15(11)17-9-12/h3-9H,1-2H3,(H,17,18). The van der Waals surface area contributed by atoms with Crippen molar-refractivity contribution in [3.05, 3.63) is 47.7 Å². The largest absolute Gasteiger partial charge is 0.378 e. The van der Waals surface area contributed by atoms with Crippen LogP contribution in [0.4, 0.5) is 5.69 Å². The van der Waals surface area contributed by atoms with Crippen LogP contribution in [0.2, 0.25) is 5.15 Å². The predicted octanol–water partition coefficient (Wildman–Crippen LogP) is 3.95. The monoisotopic (exact) mass is 271 g/mol. The van der Waals surface area contributed by atoms with E-state index in [0.29, 0.717) is 5.15 Å². The summed E-state index contributed by atoms with van der Waals surface area (Å²) >= 11 is 5.94. The maximum absolute atomic E-state index is 5.94. The number of nitrogens with one attached hydrogen (secondary N) is 1. The number of nitrogens with zero attached hydrogens (tertiary/aromatic N) is 2. The molecule has 0 aliphatic rings. The molecule has 96 valence electrons. The topological polar surface area (TPSA) is 31.9 Å². The van der Waals surface area contributed by atoms with E-state index in [4.69, 9.17) is 11.6 Å². The van der Waals surface area contributed by atoms with Crippen LogP contribution in [0.15, 0.2) is 42.6 Å². The summed E-state index contributed by atoms with van der Waals surface area (Å²) in [4.78, 5) is 9.47. The van der Waals surface area contributed by atoms with Gasteiger partial charge >= 0.3 is 0 Å². The van der Waals surface area contributed by atoms with Crippen LogP contribution in [-0.4, -0.2) is 24.1 Å². The summed E-state index contributed by atoms with van der Waals surface area (Å²) in [6.07, 6.45) is 1.86. The quantitative estimate of drug-likeness (QED) is 0.765. The Hall–Kier alpha value is -2.00. The second kappa shape index (κ2) is 4.59. The van der Waals surface area contributed by atoms with Gasteiger partial charge in [0.25, 0.3) is 0 Å². The molecule has 0 saturated carbocycles. The van der Waals surface area contributed by atoms with Crippen LogP contribution in [0.25, 0.3) is 22.2 Å². The maximum atomic E-state index is 5.94. The van der Waals surface area contributed by atoms with Crippen molar-refractivity contribution in [1.82, 2.24) is 9.97 Å². The fourth-order valence-corrected chi connectivity index (χ4v) is 2.30. The molecule has 3 nitrogen and oxygen atoms in total. The average Bonchev–Trinajstić information content (AvgIpc) is 2.77. The zero-order valence-electron chi connectivity index (χ0n) is 10.8. The smallest absolute Gasteiger partial charge is 0.138 e. The van der Waals surface area contributed by atoms with Crippen molar-refractivity contribution in [3.63, 3.8) is 0 Å². The first-order chi connectivity index (χ1) is 9.13. The molecular formula is C15H14ClN3. The van der Waals surface area contributed by atoms with Crippen LogP contribution in [0.3, 0.4) is 0 Å². The van der Waals surface area contributed by atoms with Gasteiger partial charge < -0.3 is 9.88 Å². The predicted molar refractivity (Wildman–Crippen MR) is 80.9 cm³/mol. The molecule has 0 fully saturated rings. The fraction of sp³-hybridized carbons (Fsp3) is 0.133. The van der Waals surface area contributed by atoms with Gasteiger partial charge in [0.2, 0.25) is 0 Å². The van der Waals surface area contributed by atoms with E-state index in [1.165, 1.54) is 5.69 Å². The second-order valence-electron chi connectivity index (χ2n) is 4.72. The first kappa shape index (κ1) is 12.1. The van der Waals surface area contributed by atoms with Crippen LogP contribution >= 0.6 is 11.6 Å². The van der Waals surface area contributed by atoms with Gasteiger partial charge in [0.1, 0.15) is 10.8 Å². The molecule has 0 amide bonds. The van der Waals surface area contributed by atoms with Crippen molar-refractivity contribution in [2.24, 2.45) is 0 Å². The highest BCUT2D eigenvalue weighted by molar-refractivity contribution is 6.30. The number of pyridine rings is 1. The van der Waals surface area contributed by atoms with Crippen molar-refractivity contribution in [3.8, 4) is 11.1 Å². The molecule has 0 spiro atoms. The summed E-state index contributed by atoms with van der Waals surface area (Å²) in [5, 5.41) is 1.64. The summed E-state index contributed by atoms with van der Waals surface area (Å²) in [6.45, 7) is 0. The zero-order chi connectivity index (χ0) is 13.4. The van der Waals surface area contributed by atoms with E-state index < -0.39 is 0 Å². The van der Waals surface area contributed by atoms with E-state index in [0.717, 1.165) is 22.2 Å². The molecule has 0 radical (unpaired) electrons. The number of hydrogen-bond acceptors (Lipinski definition) is 2. The Kier molecular flexibility index (Phi) is 2.91. The van der Waals surface area contributed by atoms with Crippen molar-refractivity contribution < 1.29 is 0 Å². The molecule has 0 atom stereocenters. The van der Waals surface area contributed by atoms with Gasteiger partial charge in [-0.25, -0.2) is 4.98 Å². The Balaban J connectivity index is 2.03. The number of H-pyrrole nitrogens is 1. The van der Waals surface area contributed by atoms with E-state index in [1.807, 2.05) is 26.4 Å². The molecule has 0 bridgehead atoms. The van der Waals surface area contributed by atoms with Gasteiger partial charge in [-0.05, 0) is 29.8 Å². The Morgan fingerprint density at radius 2 is 1.79 bits per heavy atom. The third-order valence-electron chi connectivity index (χ3n) is 3.15. The van der Waals surface area contributed by atoms with Crippen LogP contribution in [-0.2, 0) is 0 Å². The van der Waals surface area contributed by atoms with Crippen LogP contribution in [0.5, 0.6) is 0 Å². The zero-order valence-corrected chi connectivity index (χ0v) is 11.6. The maximum Gasteiger partial charge on any atom is 0.138 e. The minimum atomic E-state index is 0.614. The Morgan fingerprint density at radius 1 is 1.05 bits per heavy atom. The molecule has 2 aromatic heterocycles. The van der Waals surface area contributed by atoms with Crippen molar-refractivity contribution in [1.29, 1.82) is 0 Å². The molecule has 0 saturated heterocycles. The normalized spacial score (nSPS) is 10.9. The lowest BCUT2D eigenvalue weighted by molar-refractivity contribution is 1.13. The first-order valence-corrected chi connectivity index (χ1v) is 6.43. The molecule has 4 heteroatoms. The number of halogens is 1. The molecule has 19 heavy (non-hydrogen) atoms. The molecule has 0 aliphatic heterocycles. The lowest BCUT2D eigenvalue weighted by Crippen LogP contribution is -2.07. The molecule has 3 rings (SSSR count). The highest BCUT2D eigenvalue weighted by Crippen LogP contribution is 2.26. The molecule has 0 aliphatic carbocycles. The molecule has 0 unspecified atom stereocenters. The minimum Gasteiger partial charge on any atom is -0.378 e. The number of fused-ring (bicyclic) bond motifs is 1. The van der Waals surface area contributed by atoms with Crippen molar-refractivity contribution in [2.75, 3.05) is 19.0 Å². The number of anilines is 1. The fourth-order valence-electron chi connectivity index (χ4n) is 2.09. The van der Waals surface area contributed by atoms with E-state index in [9.17, 15) is 0 Å². The third-order valence-corrected chi connectivity index (χ3v) is 3.36. The van der Waals surface area contributed by atoms with Gasteiger partial charge in [0, 0.05) is 36.9 Å². The van der Waals surface area contributed by atoms with Gasteiger partial charge in [-0.15, -0.1) is 0 Å². The first-order valence-electron chi connectivity index (χ1n) is 6.05. The van der Waals surface area contributed by atoms with Crippen molar-refractivity contribution in [2.45, 2.75) is 0 Å². The van der Waals surface area contributed by atoms with Gasteiger partial charge in [0.05, 0.1) is 0 Å². The lowest BCUT2D eigenvalue weighted by Gasteiger charge is -2.12. The minimum absolute atomic E-state index is 0.614. The Labute approximate surface area is 116 Å². The van der Waals surface area contributed by atoms with E-state index in [2.05, 4.69) is 45.2 Å². The summed E-state index contributed by atoms with van der Waals surface area (Å²) < 4.78 is 0. The molecule has 3 aromatic rings. The molecule has 1 aromatic carbocycles. The average molecular weight is 272 g/mol. The van der Waals surface area contributed by atoms with Crippen LogP contribution < -0.4 is 4.90 Å². The van der Waals surface area contributed by atoms with Crippen LogP contribution in [0, 0.1) is 0 Å². The molecular weight excluding hydrogens is 258 g/mol. The number of hydrogen-bond donors (Lipinski definition) is 1. The van der Waals surface area contributed by atoms with Gasteiger partial charge in [-0.1, -0.05) is 23.7 Å². The summed E-state index contributed by atoms with van der Waals surface area (Å²) in [7, 11) is 4.06. The highest BCUT2D eigenvalue weighted by atomic mass is 35.5. The van der Waals surface area contributed by atoms with Gasteiger partial charge in [0.15, 0.2) is 0 Å². The Morgan fingerprint density at radius 3 is 2.47 bits per heavy atom. The number of rotatable bonds is 2. The van der Waals surface area contributed by atoms with Crippen LogP contribution in [0.1, 0.15) is 0 Å². The summed E-state index contributed by atoms with van der Waals surface area (Å²) in [5.41, 5.74) is 4.24. The number of benzene rings is 1. The highest BCUT2D eigenvalue weighted by Gasteiger charge is 2.04. The summed E-state index contributed by atoms with van der Waals surface area (Å²) in [6, 6.07) is 12.4. The molecule has 1 N–H and O–H groups in total. The van der Waals surface area contributed by atoms with E-state index >= 15 is 0 Å². The third kappa shape index (κ3) is 2.29. The SMILES string of the molecule is CN(C)c1ccc(-c2cnc3[nH]c(Cl)cc3c2)cc1. The van der Waals surface area contributed by atoms with Gasteiger partial charge in [-0.2, -0.15) is 0 Å². The van der Waals surface area contributed by atoms with E-state index in [-0.39, 0.29) is 0 Å². The van der Waals surface area contributed by atoms with Crippen molar-refractivity contribution >= 4 is 28.3 Å². The second-order valence-corrected chi connectivity index (χ2v) is 5.13. The lowest BCUT2D eigenvalue weighted by atomic mass is 10.1. The number of aromatic nitrogens is 2. The number of aromatic amines is 1. The summed E-state index contributed by atoms with van der Waals surface area (Å²) in [5.74, 6) is 0. The Bertz CT molecular complexity index is 714. The van der Waals surface area contributed by atoms with Gasteiger partial charge in [-0.3, -0.25) is 0 Å². The van der Waals surface area contributed by atoms with E-state index in [1.54, 1.807) is 0 Å².